The molecule has 1 aliphatic carbocycles. The Labute approximate surface area is 157 Å². The number of carbonyl (C=O) groups is 3. The molecule has 1 atom stereocenters. The molecule has 1 aliphatic rings. The van der Waals surface area contributed by atoms with Gasteiger partial charge in [-0.05, 0) is 45.9 Å². The Balaban J connectivity index is 2.49. The first-order chi connectivity index (χ1) is 12.6. The van der Waals surface area contributed by atoms with Crippen molar-refractivity contribution in [1.82, 2.24) is 0 Å². The molecule has 27 heavy (non-hydrogen) atoms. The minimum absolute atomic E-state index is 0.0404. The largest absolute Gasteiger partial charge is 0.507 e. The predicted molar refractivity (Wildman–Crippen MR) is 99.9 cm³/mol. The van der Waals surface area contributed by atoms with Gasteiger partial charge < -0.3 is 14.9 Å². The van der Waals surface area contributed by atoms with Crippen molar-refractivity contribution in [1.29, 1.82) is 0 Å². The SMILES string of the molecule is CC(C)=CC[C@H](OC(=O)C=C(C)C)C1=CC(=O)c2c(O)ccc(O)c2C1=O. The molecular weight excluding hydrogens is 348 g/mol. The van der Waals surface area contributed by atoms with E-state index in [9.17, 15) is 24.6 Å². The van der Waals surface area contributed by atoms with Gasteiger partial charge >= 0.3 is 5.97 Å². The highest BCUT2D eigenvalue weighted by Crippen LogP contribution is 2.36. The van der Waals surface area contributed by atoms with Gasteiger partial charge in [0.2, 0.25) is 0 Å². The summed E-state index contributed by atoms with van der Waals surface area (Å²) in [5.74, 6) is -2.72. The van der Waals surface area contributed by atoms with Crippen LogP contribution in [-0.4, -0.2) is 33.9 Å². The third-order valence-corrected chi connectivity index (χ3v) is 3.94. The highest BCUT2D eigenvalue weighted by Gasteiger charge is 2.35. The van der Waals surface area contributed by atoms with Crippen molar-refractivity contribution >= 4 is 17.5 Å². The van der Waals surface area contributed by atoms with Gasteiger partial charge in [0, 0.05) is 18.1 Å². The zero-order valence-electron chi connectivity index (χ0n) is 15.7. The molecule has 0 amide bonds. The summed E-state index contributed by atoms with van der Waals surface area (Å²) in [5, 5.41) is 19.9. The molecule has 0 heterocycles. The zero-order valence-corrected chi connectivity index (χ0v) is 15.7. The van der Waals surface area contributed by atoms with Crippen molar-refractivity contribution in [3.05, 3.63) is 58.2 Å². The number of aromatic hydroxyl groups is 2. The molecule has 6 nitrogen and oxygen atoms in total. The number of allylic oxidation sites excluding steroid dienone is 3. The van der Waals surface area contributed by atoms with E-state index in [4.69, 9.17) is 4.74 Å². The number of esters is 1. The van der Waals surface area contributed by atoms with Crippen LogP contribution in [0.2, 0.25) is 0 Å². The molecule has 0 saturated carbocycles. The lowest BCUT2D eigenvalue weighted by molar-refractivity contribution is -0.141. The fourth-order valence-corrected chi connectivity index (χ4v) is 2.71. The van der Waals surface area contributed by atoms with Gasteiger partial charge in [0.15, 0.2) is 11.6 Å². The lowest BCUT2D eigenvalue weighted by Gasteiger charge is -2.23. The monoisotopic (exact) mass is 370 g/mol. The summed E-state index contributed by atoms with van der Waals surface area (Å²) < 4.78 is 5.41. The highest BCUT2D eigenvalue weighted by molar-refractivity contribution is 6.27. The summed E-state index contributed by atoms with van der Waals surface area (Å²) in [6.45, 7) is 7.18. The fraction of sp³-hybridized carbons (Fsp3) is 0.286. The van der Waals surface area contributed by atoms with Crippen molar-refractivity contribution in [2.75, 3.05) is 0 Å². The maximum Gasteiger partial charge on any atom is 0.331 e. The first-order valence-electron chi connectivity index (χ1n) is 8.46. The molecule has 0 radical (unpaired) electrons. The summed E-state index contributed by atoms with van der Waals surface area (Å²) in [5.41, 5.74) is 1.11. The van der Waals surface area contributed by atoms with Crippen LogP contribution in [0.5, 0.6) is 11.5 Å². The second kappa shape index (κ2) is 8.03. The third kappa shape index (κ3) is 4.53. The van der Waals surface area contributed by atoms with E-state index in [0.29, 0.717) is 0 Å². The number of phenolic OH excluding ortho intramolecular Hbond substituents is 2. The van der Waals surface area contributed by atoms with Gasteiger partial charge in [-0.2, -0.15) is 0 Å². The molecule has 0 bridgehead atoms. The summed E-state index contributed by atoms with van der Waals surface area (Å²) in [7, 11) is 0. The quantitative estimate of drug-likeness (QED) is 0.355. The number of hydrogen-bond donors (Lipinski definition) is 2. The van der Waals surface area contributed by atoms with Crippen LogP contribution < -0.4 is 0 Å². The molecule has 0 fully saturated rings. The molecule has 0 aromatic heterocycles. The van der Waals surface area contributed by atoms with Gasteiger partial charge in [-0.1, -0.05) is 17.2 Å². The van der Waals surface area contributed by atoms with Gasteiger partial charge in [0.25, 0.3) is 0 Å². The molecular formula is C21H22O6. The van der Waals surface area contributed by atoms with Crippen molar-refractivity contribution in [2.45, 2.75) is 40.2 Å². The molecule has 6 heteroatoms. The second-order valence-electron chi connectivity index (χ2n) is 6.81. The molecule has 142 valence electrons. The Hall–Kier alpha value is -3.15. The summed E-state index contributed by atoms with van der Waals surface area (Å²) >= 11 is 0. The summed E-state index contributed by atoms with van der Waals surface area (Å²) in [6, 6.07) is 2.29. The number of rotatable bonds is 5. The molecule has 2 N–H and O–H groups in total. The van der Waals surface area contributed by atoms with Crippen molar-refractivity contribution in [3.63, 3.8) is 0 Å². The number of Topliss-reactive ketones (excluding diaryl/α,β-unsaturated/α-hetero) is 1. The predicted octanol–water partition coefficient (Wildman–Crippen LogP) is 3.64. The number of hydrogen-bond acceptors (Lipinski definition) is 6. The third-order valence-electron chi connectivity index (χ3n) is 3.94. The lowest BCUT2D eigenvalue weighted by atomic mass is 9.85. The van der Waals surface area contributed by atoms with Crippen LogP contribution in [0.25, 0.3) is 0 Å². The fourth-order valence-electron chi connectivity index (χ4n) is 2.71. The van der Waals surface area contributed by atoms with Crippen LogP contribution in [0, 0.1) is 0 Å². The first-order valence-corrected chi connectivity index (χ1v) is 8.46. The van der Waals surface area contributed by atoms with E-state index in [2.05, 4.69) is 0 Å². The van der Waals surface area contributed by atoms with E-state index in [1.165, 1.54) is 6.08 Å². The number of carbonyl (C=O) groups excluding carboxylic acids is 3. The average Bonchev–Trinajstić information content (AvgIpc) is 2.56. The van der Waals surface area contributed by atoms with Crippen LogP contribution in [0.15, 0.2) is 47.1 Å². The standard InChI is InChI=1S/C21H22O6/c1-11(2)5-8-17(27-18(25)9-12(3)4)13-10-16(24)19-14(22)6-7-15(23)20(19)21(13)26/h5-7,9-10,17,22-23H,8H2,1-4H3/t17-/m0/s1. The normalized spacial score (nSPS) is 14.0. The Bertz CT molecular complexity index is 893. The van der Waals surface area contributed by atoms with Gasteiger partial charge in [-0.3, -0.25) is 9.59 Å². The lowest BCUT2D eigenvalue weighted by Crippen LogP contribution is -2.28. The van der Waals surface area contributed by atoms with Gasteiger partial charge in [-0.25, -0.2) is 4.79 Å². The molecule has 1 aromatic rings. The first kappa shape index (κ1) is 20.2. The molecule has 1 aromatic carbocycles. The molecule has 0 aliphatic heterocycles. The van der Waals surface area contributed by atoms with E-state index >= 15 is 0 Å². The number of ether oxygens (including phenoxy) is 1. The van der Waals surface area contributed by atoms with Crippen LogP contribution in [0.1, 0.15) is 54.8 Å². The molecule has 2 rings (SSSR count). The van der Waals surface area contributed by atoms with Crippen molar-refractivity contribution < 1.29 is 29.3 Å². The van der Waals surface area contributed by atoms with Crippen molar-refractivity contribution in [3.8, 4) is 11.5 Å². The van der Waals surface area contributed by atoms with Crippen LogP contribution in [0.4, 0.5) is 0 Å². The van der Waals surface area contributed by atoms with Gasteiger partial charge in [-0.15, -0.1) is 0 Å². The number of ketones is 2. The van der Waals surface area contributed by atoms with Crippen LogP contribution in [0.3, 0.4) is 0 Å². The van der Waals surface area contributed by atoms with E-state index in [1.807, 2.05) is 13.8 Å². The molecule has 0 saturated heterocycles. The minimum atomic E-state index is -0.991. The van der Waals surface area contributed by atoms with E-state index < -0.39 is 29.4 Å². The average molecular weight is 370 g/mol. The summed E-state index contributed by atoms with van der Waals surface area (Å²) in [4.78, 5) is 37.4. The Kier molecular flexibility index (Phi) is 6.00. The van der Waals surface area contributed by atoms with E-state index in [1.54, 1.807) is 19.9 Å². The van der Waals surface area contributed by atoms with E-state index in [-0.39, 0.29) is 28.9 Å². The molecule has 0 unspecified atom stereocenters. The van der Waals surface area contributed by atoms with E-state index in [0.717, 1.165) is 29.4 Å². The second-order valence-corrected chi connectivity index (χ2v) is 6.81. The highest BCUT2D eigenvalue weighted by atomic mass is 16.5. The maximum atomic E-state index is 12.9. The zero-order chi connectivity index (χ0) is 20.3. The smallest absolute Gasteiger partial charge is 0.331 e. The van der Waals surface area contributed by atoms with Crippen LogP contribution >= 0.6 is 0 Å². The number of fused-ring (bicyclic) bond motifs is 1. The molecule has 0 spiro atoms. The number of phenols is 2. The Morgan fingerprint density at radius 2 is 1.63 bits per heavy atom. The van der Waals surface area contributed by atoms with Gasteiger partial charge in [0.05, 0.1) is 11.1 Å². The maximum absolute atomic E-state index is 12.9. The van der Waals surface area contributed by atoms with Gasteiger partial charge in [0.1, 0.15) is 17.6 Å². The topological polar surface area (TPSA) is 101 Å². The number of benzene rings is 1. The Morgan fingerprint density at radius 3 is 2.19 bits per heavy atom. The van der Waals surface area contributed by atoms with Crippen molar-refractivity contribution in [2.24, 2.45) is 0 Å². The summed E-state index contributed by atoms with van der Waals surface area (Å²) in [6.07, 6.45) is 3.35. The Morgan fingerprint density at radius 1 is 1.04 bits per heavy atom. The minimum Gasteiger partial charge on any atom is -0.507 e. The van der Waals surface area contributed by atoms with Crippen LogP contribution in [-0.2, 0) is 9.53 Å².